The lowest BCUT2D eigenvalue weighted by Gasteiger charge is -2.17. The van der Waals surface area contributed by atoms with E-state index in [1.807, 2.05) is 30.3 Å². The van der Waals surface area contributed by atoms with Crippen molar-refractivity contribution in [3.63, 3.8) is 0 Å². The molecule has 5 heteroatoms. The average molecular weight is 328 g/mol. The topological polar surface area (TPSA) is 29.5 Å². The average Bonchev–Trinajstić information content (AvgIpc) is 2.91. The third kappa shape index (κ3) is 4.99. The van der Waals surface area contributed by atoms with Gasteiger partial charge in [0.25, 0.3) is 0 Å². The van der Waals surface area contributed by atoms with E-state index in [0.717, 1.165) is 36.1 Å². The lowest BCUT2D eigenvalue weighted by molar-refractivity contribution is 0.0495. The van der Waals surface area contributed by atoms with E-state index in [-0.39, 0.29) is 18.4 Å². The van der Waals surface area contributed by atoms with Crippen LogP contribution >= 0.6 is 23.7 Å². The van der Waals surface area contributed by atoms with Gasteiger partial charge in [-0.3, -0.25) is 0 Å². The van der Waals surface area contributed by atoms with Gasteiger partial charge in [0.2, 0.25) is 0 Å². The van der Waals surface area contributed by atoms with E-state index in [1.54, 1.807) is 0 Å². The van der Waals surface area contributed by atoms with E-state index in [2.05, 4.69) is 18.7 Å². The molecule has 0 spiro atoms. The zero-order valence-corrected chi connectivity index (χ0v) is 14.1. The second kappa shape index (κ2) is 9.03. The summed E-state index contributed by atoms with van der Waals surface area (Å²) in [6, 6.07) is 9.92. The number of esters is 1. The molecule has 3 nitrogen and oxygen atoms in total. The SMILES string of the molecule is CCN(CC)CCCOC(=O)c1cc2ccccc2s1.Cl. The van der Waals surface area contributed by atoms with Gasteiger partial charge in [-0.1, -0.05) is 32.0 Å². The van der Waals surface area contributed by atoms with E-state index in [1.165, 1.54) is 11.3 Å². The Kier molecular flexibility index (Phi) is 7.72. The Morgan fingerprint density at radius 2 is 1.95 bits per heavy atom. The molecular formula is C16H22ClNO2S. The monoisotopic (exact) mass is 327 g/mol. The third-order valence-corrected chi connectivity index (χ3v) is 4.47. The third-order valence-electron chi connectivity index (χ3n) is 3.37. The zero-order valence-electron chi connectivity index (χ0n) is 12.5. The molecule has 0 saturated carbocycles. The number of hydrogen-bond acceptors (Lipinski definition) is 4. The first kappa shape index (κ1) is 18.0. The Morgan fingerprint density at radius 3 is 2.62 bits per heavy atom. The summed E-state index contributed by atoms with van der Waals surface area (Å²) in [5, 5.41) is 1.10. The molecule has 0 aliphatic carbocycles. The summed E-state index contributed by atoms with van der Waals surface area (Å²) in [5.74, 6) is -0.203. The molecule has 0 aliphatic heterocycles. The normalized spacial score (nSPS) is 10.6. The van der Waals surface area contributed by atoms with Gasteiger partial charge in [-0.2, -0.15) is 0 Å². The molecule has 1 aromatic carbocycles. The van der Waals surface area contributed by atoms with Gasteiger partial charge >= 0.3 is 5.97 Å². The summed E-state index contributed by atoms with van der Waals surface area (Å²) in [4.78, 5) is 15.0. The van der Waals surface area contributed by atoms with Crippen LogP contribution in [0.15, 0.2) is 30.3 Å². The number of benzene rings is 1. The Bertz CT molecular complexity index is 533. The second-order valence-electron chi connectivity index (χ2n) is 4.66. The fourth-order valence-corrected chi connectivity index (χ4v) is 3.10. The van der Waals surface area contributed by atoms with Gasteiger partial charge in [-0.15, -0.1) is 23.7 Å². The number of hydrogen-bond donors (Lipinski definition) is 0. The molecular weight excluding hydrogens is 306 g/mol. The fourth-order valence-electron chi connectivity index (χ4n) is 2.15. The van der Waals surface area contributed by atoms with Crippen LogP contribution in [0.2, 0.25) is 0 Å². The van der Waals surface area contributed by atoms with E-state index in [9.17, 15) is 4.79 Å². The molecule has 0 fully saturated rings. The first-order valence-corrected chi connectivity index (χ1v) is 7.94. The first-order valence-electron chi connectivity index (χ1n) is 7.12. The standard InChI is InChI=1S/C16H21NO2S.ClH/c1-3-17(4-2)10-7-11-19-16(18)15-12-13-8-5-6-9-14(13)20-15;/h5-6,8-9,12H,3-4,7,10-11H2,1-2H3;1H. The Labute approximate surface area is 136 Å². The molecule has 1 aromatic heterocycles. The van der Waals surface area contributed by atoms with Crippen LogP contribution in [0.25, 0.3) is 10.1 Å². The van der Waals surface area contributed by atoms with Crippen LogP contribution in [0.5, 0.6) is 0 Å². The molecule has 0 N–H and O–H groups in total. The molecule has 0 unspecified atom stereocenters. The van der Waals surface area contributed by atoms with Crippen molar-refractivity contribution in [1.82, 2.24) is 4.90 Å². The van der Waals surface area contributed by atoms with E-state index in [4.69, 9.17) is 4.74 Å². The highest BCUT2D eigenvalue weighted by Gasteiger charge is 2.11. The van der Waals surface area contributed by atoms with Crippen molar-refractivity contribution >= 4 is 39.8 Å². The van der Waals surface area contributed by atoms with Crippen LogP contribution in [0, 0.1) is 0 Å². The summed E-state index contributed by atoms with van der Waals surface area (Å²) in [5.41, 5.74) is 0. The Morgan fingerprint density at radius 1 is 1.24 bits per heavy atom. The number of rotatable bonds is 7. The number of nitrogens with zero attached hydrogens (tertiary/aromatic N) is 1. The summed E-state index contributed by atoms with van der Waals surface area (Å²) >= 11 is 1.49. The first-order chi connectivity index (χ1) is 9.74. The van der Waals surface area contributed by atoms with Gasteiger partial charge in [0.1, 0.15) is 4.88 Å². The lowest BCUT2D eigenvalue weighted by Crippen LogP contribution is -2.25. The van der Waals surface area contributed by atoms with E-state index < -0.39 is 0 Å². The van der Waals surface area contributed by atoms with Gasteiger partial charge in [0.05, 0.1) is 6.61 Å². The van der Waals surface area contributed by atoms with Crippen molar-refractivity contribution in [3.8, 4) is 0 Å². The summed E-state index contributed by atoms with van der Waals surface area (Å²) in [7, 11) is 0. The maximum atomic E-state index is 12.0. The van der Waals surface area contributed by atoms with Crippen molar-refractivity contribution in [2.75, 3.05) is 26.2 Å². The lowest BCUT2D eigenvalue weighted by atomic mass is 10.2. The molecule has 21 heavy (non-hydrogen) atoms. The number of ether oxygens (including phenoxy) is 1. The van der Waals surface area contributed by atoms with Gasteiger partial charge in [-0.25, -0.2) is 4.79 Å². The summed E-state index contributed by atoms with van der Waals surface area (Å²) < 4.78 is 6.47. The highest BCUT2D eigenvalue weighted by atomic mass is 35.5. The van der Waals surface area contributed by atoms with Crippen LogP contribution in [0.1, 0.15) is 29.9 Å². The number of thiophene rings is 1. The maximum absolute atomic E-state index is 12.0. The van der Waals surface area contributed by atoms with Gasteiger partial charge in [0, 0.05) is 11.2 Å². The summed E-state index contributed by atoms with van der Waals surface area (Å²) in [6.45, 7) is 7.84. The molecule has 0 amide bonds. The molecule has 0 atom stereocenters. The minimum absolute atomic E-state index is 0. The predicted molar refractivity (Wildman–Crippen MR) is 91.8 cm³/mol. The molecule has 0 aliphatic rings. The molecule has 2 rings (SSSR count). The van der Waals surface area contributed by atoms with Crippen LogP contribution < -0.4 is 0 Å². The minimum atomic E-state index is -0.203. The van der Waals surface area contributed by atoms with Gasteiger partial charge in [0.15, 0.2) is 0 Å². The molecule has 116 valence electrons. The number of fused-ring (bicyclic) bond motifs is 1. The quantitative estimate of drug-likeness (QED) is 0.563. The molecule has 2 aromatic rings. The highest BCUT2D eigenvalue weighted by molar-refractivity contribution is 7.20. The summed E-state index contributed by atoms with van der Waals surface area (Å²) in [6.07, 6.45) is 0.887. The van der Waals surface area contributed by atoms with Crippen molar-refractivity contribution in [3.05, 3.63) is 35.2 Å². The van der Waals surface area contributed by atoms with Crippen LogP contribution in [-0.2, 0) is 4.74 Å². The van der Waals surface area contributed by atoms with Crippen LogP contribution in [0.3, 0.4) is 0 Å². The van der Waals surface area contributed by atoms with Crippen molar-refractivity contribution in [1.29, 1.82) is 0 Å². The number of carbonyl (C=O) groups is 1. The number of halogens is 1. The van der Waals surface area contributed by atoms with Crippen LogP contribution in [0.4, 0.5) is 0 Å². The van der Waals surface area contributed by atoms with E-state index in [0.29, 0.717) is 11.5 Å². The smallest absolute Gasteiger partial charge is 0.348 e. The van der Waals surface area contributed by atoms with Gasteiger partial charge < -0.3 is 9.64 Å². The maximum Gasteiger partial charge on any atom is 0.348 e. The molecule has 1 heterocycles. The highest BCUT2D eigenvalue weighted by Crippen LogP contribution is 2.25. The van der Waals surface area contributed by atoms with Crippen molar-refractivity contribution < 1.29 is 9.53 Å². The van der Waals surface area contributed by atoms with Crippen molar-refractivity contribution in [2.45, 2.75) is 20.3 Å². The fraction of sp³-hybridized carbons (Fsp3) is 0.438. The zero-order chi connectivity index (χ0) is 14.4. The molecule has 0 bridgehead atoms. The predicted octanol–water partition coefficient (Wildman–Crippen LogP) is 4.21. The van der Waals surface area contributed by atoms with E-state index >= 15 is 0 Å². The second-order valence-corrected chi connectivity index (χ2v) is 5.75. The Balaban J connectivity index is 0.00000220. The Hall–Kier alpha value is -1.10. The largest absolute Gasteiger partial charge is 0.461 e. The van der Waals surface area contributed by atoms with Crippen LogP contribution in [-0.4, -0.2) is 37.1 Å². The number of carbonyl (C=O) groups excluding carboxylic acids is 1. The van der Waals surface area contributed by atoms with Crippen molar-refractivity contribution in [2.24, 2.45) is 0 Å². The van der Waals surface area contributed by atoms with Gasteiger partial charge in [-0.05, 0) is 37.0 Å². The minimum Gasteiger partial charge on any atom is -0.461 e. The molecule has 0 saturated heterocycles. The molecule has 0 radical (unpaired) electrons.